The van der Waals surface area contributed by atoms with Crippen LogP contribution in [0.4, 0.5) is 10.3 Å². The van der Waals surface area contributed by atoms with Crippen molar-refractivity contribution in [1.82, 2.24) is 14.8 Å². The number of carboxylic acid groups (broad SMARTS) is 1. The van der Waals surface area contributed by atoms with E-state index in [1.165, 1.54) is 22.9 Å². The molecule has 0 aliphatic carbocycles. The zero-order chi connectivity index (χ0) is 14.3. The van der Waals surface area contributed by atoms with E-state index in [9.17, 15) is 9.18 Å². The van der Waals surface area contributed by atoms with Gasteiger partial charge in [0.2, 0.25) is 5.95 Å². The van der Waals surface area contributed by atoms with Crippen molar-refractivity contribution in [2.45, 2.75) is 13.0 Å². The van der Waals surface area contributed by atoms with E-state index in [-0.39, 0.29) is 11.5 Å². The number of carbonyl (C=O) groups is 1. The van der Waals surface area contributed by atoms with Crippen LogP contribution in [0.5, 0.6) is 0 Å². The van der Waals surface area contributed by atoms with Crippen LogP contribution in [0, 0.1) is 12.7 Å². The largest absolute Gasteiger partial charge is 0.477 e. The van der Waals surface area contributed by atoms with E-state index in [1.54, 1.807) is 19.1 Å². The molecule has 1 aromatic carbocycles. The van der Waals surface area contributed by atoms with Gasteiger partial charge in [0.25, 0.3) is 0 Å². The molecule has 2 aromatic rings. The number of aromatic nitrogens is 3. The Bertz CT molecular complexity index is 723. The lowest BCUT2D eigenvalue weighted by Crippen LogP contribution is -2.24. The number of halogens is 1. The fourth-order valence-corrected chi connectivity index (χ4v) is 2.15. The maximum atomic E-state index is 13.4. The van der Waals surface area contributed by atoms with E-state index < -0.39 is 12.0 Å². The summed E-state index contributed by atoms with van der Waals surface area (Å²) in [4.78, 5) is 15.3. The summed E-state index contributed by atoms with van der Waals surface area (Å²) < 4.78 is 14.9. The quantitative estimate of drug-likeness (QED) is 0.871. The van der Waals surface area contributed by atoms with Gasteiger partial charge in [0, 0.05) is 0 Å². The number of nitrogens with one attached hydrogen (secondary N) is 1. The third kappa shape index (κ3) is 2.03. The summed E-state index contributed by atoms with van der Waals surface area (Å²) in [6.45, 7) is 1.70. The monoisotopic (exact) mass is 274 g/mol. The van der Waals surface area contributed by atoms with Crippen LogP contribution in [0.25, 0.3) is 0 Å². The van der Waals surface area contributed by atoms with E-state index in [1.807, 2.05) is 0 Å². The number of nitrogens with zero attached hydrogens (tertiary/aromatic N) is 3. The Morgan fingerprint density at radius 2 is 2.30 bits per heavy atom. The fraction of sp³-hybridized carbons (Fsp3) is 0.154. The highest BCUT2D eigenvalue weighted by molar-refractivity contribution is 5.90. The molecular weight excluding hydrogens is 263 g/mol. The van der Waals surface area contributed by atoms with Gasteiger partial charge in [-0.1, -0.05) is 12.1 Å². The molecule has 0 spiro atoms. The second-order valence-corrected chi connectivity index (χ2v) is 4.44. The van der Waals surface area contributed by atoms with Gasteiger partial charge < -0.3 is 10.4 Å². The fourth-order valence-electron chi connectivity index (χ4n) is 2.15. The lowest BCUT2D eigenvalue weighted by atomic mass is 10.0. The van der Waals surface area contributed by atoms with Gasteiger partial charge in [0.15, 0.2) is 0 Å². The van der Waals surface area contributed by atoms with Crippen LogP contribution in [-0.4, -0.2) is 25.8 Å². The molecule has 1 aliphatic rings. The minimum Gasteiger partial charge on any atom is -0.477 e. The minimum atomic E-state index is -1.10. The molecule has 20 heavy (non-hydrogen) atoms. The predicted molar refractivity (Wildman–Crippen MR) is 68.6 cm³/mol. The number of rotatable bonds is 2. The Morgan fingerprint density at radius 1 is 1.50 bits per heavy atom. The van der Waals surface area contributed by atoms with Crippen LogP contribution in [-0.2, 0) is 4.79 Å². The predicted octanol–water partition coefficient (Wildman–Crippen LogP) is 1.71. The summed E-state index contributed by atoms with van der Waals surface area (Å²) in [7, 11) is 0. The summed E-state index contributed by atoms with van der Waals surface area (Å²) in [5.74, 6) is -0.645. The summed E-state index contributed by atoms with van der Waals surface area (Å²) in [6.07, 6.45) is 1.48. The average Bonchev–Trinajstić information content (AvgIpc) is 2.77. The number of fused-ring (bicyclic) bond motifs is 1. The van der Waals surface area contributed by atoms with E-state index in [2.05, 4.69) is 15.4 Å². The Morgan fingerprint density at radius 3 is 3.00 bits per heavy atom. The zero-order valence-electron chi connectivity index (χ0n) is 10.5. The lowest BCUT2D eigenvalue weighted by Gasteiger charge is -2.22. The van der Waals surface area contributed by atoms with E-state index in [0.717, 1.165) is 0 Å². The maximum Gasteiger partial charge on any atom is 0.352 e. The molecule has 7 heteroatoms. The summed E-state index contributed by atoms with van der Waals surface area (Å²) in [5.41, 5.74) is 0.607. The molecule has 1 atom stereocenters. The van der Waals surface area contributed by atoms with E-state index in [0.29, 0.717) is 17.3 Å². The van der Waals surface area contributed by atoms with Gasteiger partial charge in [-0.15, -0.1) is 0 Å². The first-order valence-electron chi connectivity index (χ1n) is 5.95. The van der Waals surface area contributed by atoms with Gasteiger partial charge in [-0.05, 0) is 30.7 Å². The van der Waals surface area contributed by atoms with Gasteiger partial charge in [0.1, 0.15) is 23.4 Å². The zero-order valence-corrected chi connectivity index (χ0v) is 10.5. The smallest absolute Gasteiger partial charge is 0.352 e. The SMILES string of the molecule is Cc1nc2n(n1)[C@H](c1cccc(F)c1)C=C(C(=O)O)N2. The van der Waals surface area contributed by atoms with Gasteiger partial charge in [-0.2, -0.15) is 10.1 Å². The Hall–Kier alpha value is -2.70. The van der Waals surface area contributed by atoms with Crippen molar-refractivity contribution in [3.8, 4) is 0 Å². The number of anilines is 1. The highest BCUT2D eigenvalue weighted by Gasteiger charge is 2.26. The van der Waals surface area contributed by atoms with Crippen molar-refractivity contribution in [3.05, 3.63) is 53.2 Å². The van der Waals surface area contributed by atoms with Crippen LogP contribution < -0.4 is 5.32 Å². The first-order chi connectivity index (χ1) is 9.54. The van der Waals surface area contributed by atoms with Gasteiger partial charge in [0.05, 0.1) is 0 Å². The van der Waals surface area contributed by atoms with E-state index in [4.69, 9.17) is 5.11 Å². The standard InChI is InChI=1S/C13H11FN4O2/c1-7-15-13-16-10(12(19)20)6-11(18(13)17-7)8-3-2-4-9(14)5-8/h2-6,11H,1H3,(H,19,20)(H,15,16,17)/t11-/m0/s1. The highest BCUT2D eigenvalue weighted by Crippen LogP contribution is 2.29. The Labute approximate surface area is 113 Å². The van der Waals surface area contributed by atoms with Gasteiger partial charge >= 0.3 is 5.97 Å². The molecule has 0 unspecified atom stereocenters. The summed E-state index contributed by atoms with van der Waals surface area (Å²) >= 11 is 0. The molecule has 102 valence electrons. The van der Waals surface area contributed by atoms with Crippen LogP contribution >= 0.6 is 0 Å². The van der Waals surface area contributed by atoms with Crippen molar-refractivity contribution in [2.24, 2.45) is 0 Å². The first-order valence-corrected chi connectivity index (χ1v) is 5.95. The van der Waals surface area contributed by atoms with Crippen LogP contribution in [0.1, 0.15) is 17.4 Å². The molecule has 1 aliphatic heterocycles. The normalized spacial score (nSPS) is 17.1. The number of benzene rings is 1. The number of hydrogen-bond donors (Lipinski definition) is 2. The Kier molecular flexibility index (Phi) is 2.74. The first kappa shape index (κ1) is 12.3. The number of aryl methyl sites for hydroxylation is 1. The third-order valence-corrected chi connectivity index (χ3v) is 2.99. The molecule has 2 heterocycles. The molecule has 3 rings (SSSR count). The van der Waals surface area contributed by atoms with E-state index >= 15 is 0 Å². The number of hydrogen-bond acceptors (Lipinski definition) is 4. The summed E-state index contributed by atoms with van der Waals surface area (Å²) in [5, 5.41) is 16.0. The molecule has 2 N–H and O–H groups in total. The summed E-state index contributed by atoms with van der Waals surface area (Å²) in [6, 6.07) is 5.47. The van der Waals surface area contributed by atoms with Crippen molar-refractivity contribution < 1.29 is 14.3 Å². The molecule has 0 bridgehead atoms. The van der Waals surface area contributed by atoms with Crippen molar-refractivity contribution >= 4 is 11.9 Å². The minimum absolute atomic E-state index is 0.000777. The maximum absolute atomic E-state index is 13.4. The molecule has 1 aromatic heterocycles. The van der Waals surface area contributed by atoms with Crippen molar-refractivity contribution in [3.63, 3.8) is 0 Å². The topological polar surface area (TPSA) is 80.0 Å². The molecule has 0 fully saturated rings. The Balaban J connectivity index is 2.14. The molecule has 0 saturated carbocycles. The van der Waals surface area contributed by atoms with Crippen molar-refractivity contribution in [1.29, 1.82) is 0 Å². The average molecular weight is 274 g/mol. The third-order valence-electron chi connectivity index (χ3n) is 2.99. The second kappa shape index (κ2) is 4.44. The van der Waals surface area contributed by atoms with Crippen LogP contribution in [0.2, 0.25) is 0 Å². The number of carboxylic acids is 1. The van der Waals surface area contributed by atoms with Crippen LogP contribution in [0.3, 0.4) is 0 Å². The highest BCUT2D eigenvalue weighted by atomic mass is 19.1. The lowest BCUT2D eigenvalue weighted by molar-refractivity contribution is -0.132. The van der Waals surface area contributed by atoms with Crippen molar-refractivity contribution in [2.75, 3.05) is 5.32 Å². The molecule has 6 nitrogen and oxygen atoms in total. The molecule has 0 amide bonds. The molecule has 0 radical (unpaired) electrons. The number of aliphatic carboxylic acids is 1. The van der Waals surface area contributed by atoms with Crippen LogP contribution in [0.15, 0.2) is 36.0 Å². The van der Waals surface area contributed by atoms with Gasteiger partial charge in [-0.3, -0.25) is 0 Å². The van der Waals surface area contributed by atoms with Gasteiger partial charge in [-0.25, -0.2) is 13.9 Å². The number of allylic oxidation sites excluding steroid dienone is 1. The second-order valence-electron chi connectivity index (χ2n) is 4.44. The molecule has 0 saturated heterocycles. The molecular formula is C13H11FN4O2.